The summed E-state index contributed by atoms with van der Waals surface area (Å²) in [6.45, 7) is 3.87. The van der Waals surface area contributed by atoms with Gasteiger partial charge < -0.3 is 9.73 Å². The van der Waals surface area contributed by atoms with Gasteiger partial charge in [0.25, 0.3) is 11.8 Å². The second-order valence-corrected chi connectivity index (χ2v) is 10.2. The lowest BCUT2D eigenvalue weighted by atomic mass is 10.0. The molecule has 0 atom stereocenters. The molecule has 0 unspecified atom stereocenters. The van der Waals surface area contributed by atoms with Crippen LogP contribution in [-0.4, -0.2) is 22.5 Å². The van der Waals surface area contributed by atoms with Crippen molar-refractivity contribution in [2.24, 2.45) is 5.10 Å². The molecule has 0 aliphatic rings. The minimum Gasteiger partial charge on any atom is -0.444 e. The van der Waals surface area contributed by atoms with E-state index < -0.39 is 5.91 Å². The van der Waals surface area contributed by atoms with E-state index in [2.05, 4.69) is 38.7 Å². The number of amides is 2. The van der Waals surface area contributed by atoms with Crippen molar-refractivity contribution in [2.45, 2.75) is 20.3 Å². The number of nitrogens with zero attached hydrogens (tertiary/aromatic N) is 2. The summed E-state index contributed by atoms with van der Waals surface area (Å²) in [7, 11) is 0. The number of furan rings is 1. The molecule has 0 radical (unpaired) electrons. The molecule has 2 amide bonds. The van der Waals surface area contributed by atoms with E-state index in [-0.39, 0.29) is 11.7 Å². The quantitative estimate of drug-likeness (QED) is 0.144. The highest BCUT2D eigenvalue weighted by Gasteiger charge is 2.16. The first-order valence-corrected chi connectivity index (χ1v) is 13.7. The predicted molar refractivity (Wildman–Crippen MR) is 162 cm³/mol. The summed E-state index contributed by atoms with van der Waals surface area (Å²) in [4.78, 5) is 30.6. The van der Waals surface area contributed by atoms with Gasteiger partial charge in [0.2, 0.25) is 0 Å². The average Bonchev–Trinajstić information content (AvgIpc) is 3.42. The number of para-hydroxylation sites is 1. The average molecular weight is 616 g/mol. The first kappa shape index (κ1) is 27.3. The SMILES string of the molecule is CCc1ccc(-c2cc(C(=O)N/N=C(/C)c3cccc(NC(=O)c4ccc(Br)o4)c3)c3cccc(Cl)c3n2)cc1. The van der Waals surface area contributed by atoms with Gasteiger partial charge in [-0.3, -0.25) is 9.59 Å². The summed E-state index contributed by atoms with van der Waals surface area (Å²) < 4.78 is 5.78. The normalized spacial score (nSPS) is 11.4. The highest BCUT2D eigenvalue weighted by atomic mass is 79.9. The van der Waals surface area contributed by atoms with Crippen molar-refractivity contribution in [2.75, 3.05) is 5.32 Å². The van der Waals surface area contributed by atoms with Gasteiger partial charge in [-0.15, -0.1) is 0 Å². The van der Waals surface area contributed by atoms with Crippen LogP contribution < -0.4 is 10.7 Å². The molecule has 40 heavy (non-hydrogen) atoms. The van der Waals surface area contributed by atoms with Gasteiger partial charge in [0, 0.05) is 16.6 Å². The molecule has 0 saturated carbocycles. The van der Waals surface area contributed by atoms with E-state index >= 15 is 0 Å². The van der Waals surface area contributed by atoms with Crippen LogP contribution in [-0.2, 0) is 6.42 Å². The van der Waals surface area contributed by atoms with Gasteiger partial charge in [0.15, 0.2) is 10.4 Å². The maximum Gasteiger partial charge on any atom is 0.291 e. The number of anilines is 1. The fraction of sp³-hybridized carbons (Fsp3) is 0.0968. The molecule has 0 saturated heterocycles. The molecule has 9 heteroatoms. The monoisotopic (exact) mass is 614 g/mol. The molecule has 2 N–H and O–H groups in total. The fourth-order valence-corrected chi connectivity index (χ4v) is 4.69. The Morgan fingerprint density at radius 3 is 2.48 bits per heavy atom. The lowest BCUT2D eigenvalue weighted by Gasteiger charge is -2.11. The largest absolute Gasteiger partial charge is 0.444 e. The summed E-state index contributed by atoms with van der Waals surface area (Å²) in [6.07, 6.45) is 0.930. The van der Waals surface area contributed by atoms with Crippen molar-refractivity contribution in [3.05, 3.63) is 117 Å². The number of rotatable bonds is 7. The van der Waals surface area contributed by atoms with Crippen LogP contribution >= 0.6 is 27.5 Å². The van der Waals surface area contributed by atoms with Crippen molar-refractivity contribution in [3.63, 3.8) is 0 Å². The Bertz CT molecular complexity index is 1760. The van der Waals surface area contributed by atoms with Crippen molar-refractivity contribution in [1.82, 2.24) is 10.4 Å². The molecule has 200 valence electrons. The molecule has 3 aromatic carbocycles. The summed E-state index contributed by atoms with van der Waals surface area (Å²) in [6, 6.07) is 25.6. The van der Waals surface area contributed by atoms with Gasteiger partial charge in [-0.2, -0.15) is 5.10 Å². The molecule has 2 aromatic heterocycles. The topological polar surface area (TPSA) is 96.6 Å². The van der Waals surface area contributed by atoms with E-state index in [0.29, 0.717) is 43.3 Å². The Labute approximate surface area is 244 Å². The fourth-order valence-electron chi connectivity index (χ4n) is 4.17. The lowest BCUT2D eigenvalue weighted by Crippen LogP contribution is -2.20. The lowest BCUT2D eigenvalue weighted by molar-refractivity contribution is 0.0955. The van der Waals surface area contributed by atoms with Crippen LogP contribution in [0.15, 0.2) is 99.1 Å². The minimum absolute atomic E-state index is 0.181. The Kier molecular flexibility index (Phi) is 8.09. The van der Waals surface area contributed by atoms with Gasteiger partial charge in [-0.05, 0) is 76.8 Å². The molecular formula is C31H24BrClN4O3. The predicted octanol–water partition coefficient (Wildman–Crippen LogP) is 7.88. The highest BCUT2D eigenvalue weighted by molar-refractivity contribution is 9.10. The number of fused-ring (bicyclic) bond motifs is 1. The number of carbonyl (C=O) groups excluding carboxylic acids is 2. The number of aromatic nitrogens is 1. The van der Waals surface area contributed by atoms with Gasteiger partial charge in [-0.1, -0.05) is 67.1 Å². The van der Waals surface area contributed by atoms with Crippen molar-refractivity contribution in [1.29, 1.82) is 0 Å². The Hall–Kier alpha value is -4.27. The molecule has 2 heterocycles. The standard InChI is InChI=1S/C31H24BrClN4O3/c1-3-19-10-12-20(13-11-19)26-17-24(23-8-5-9-25(33)29(23)35-26)30(38)37-36-18(2)21-6-4-7-22(16-21)34-31(39)27-14-15-28(32)40-27/h4-17H,3H2,1-2H3,(H,34,39)(H,37,38)/b36-18-. The van der Waals surface area contributed by atoms with E-state index in [9.17, 15) is 9.59 Å². The number of pyridine rings is 1. The summed E-state index contributed by atoms with van der Waals surface area (Å²) in [5.74, 6) is -0.595. The van der Waals surface area contributed by atoms with Crippen molar-refractivity contribution < 1.29 is 14.0 Å². The van der Waals surface area contributed by atoms with Gasteiger partial charge in [0.05, 0.1) is 27.5 Å². The molecule has 0 aliphatic heterocycles. The Morgan fingerprint density at radius 1 is 0.975 bits per heavy atom. The number of nitrogens with one attached hydrogen (secondary N) is 2. The number of carbonyl (C=O) groups is 2. The van der Waals surface area contributed by atoms with Crippen LogP contribution in [0.2, 0.25) is 5.02 Å². The van der Waals surface area contributed by atoms with Gasteiger partial charge >= 0.3 is 0 Å². The van der Waals surface area contributed by atoms with E-state index in [4.69, 9.17) is 21.0 Å². The molecule has 5 aromatic rings. The van der Waals surface area contributed by atoms with E-state index in [0.717, 1.165) is 17.5 Å². The second kappa shape index (κ2) is 11.9. The van der Waals surface area contributed by atoms with E-state index in [1.54, 1.807) is 55.5 Å². The zero-order valence-electron chi connectivity index (χ0n) is 21.7. The molecular weight excluding hydrogens is 592 g/mol. The number of halogens is 2. The molecule has 5 rings (SSSR count). The molecule has 0 spiro atoms. The first-order chi connectivity index (χ1) is 19.3. The minimum atomic E-state index is -0.395. The second-order valence-electron chi connectivity index (χ2n) is 9.02. The van der Waals surface area contributed by atoms with Crippen LogP contribution in [0.1, 0.15) is 45.9 Å². The highest BCUT2D eigenvalue weighted by Crippen LogP contribution is 2.29. The third kappa shape index (κ3) is 5.98. The zero-order valence-corrected chi connectivity index (χ0v) is 24.0. The molecule has 7 nitrogen and oxygen atoms in total. The van der Waals surface area contributed by atoms with Crippen LogP contribution in [0.5, 0.6) is 0 Å². The Morgan fingerprint density at radius 2 is 1.75 bits per heavy atom. The smallest absolute Gasteiger partial charge is 0.291 e. The molecule has 0 bridgehead atoms. The maximum atomic E-state index is 13.4. The van der Waals surface area contributed by atoms with Crippen LogP contribution in [0, 0.1) is 0 Å². The van der Waals surface area contributed by atoms with Crippen molar-refractivity contribution >= 4 is 61.6 Å². The van der Waals surface area contributed by atoms with E-state index in [1.807, 2.05) is 36.4 Å². The van der Waals surface area contributed by atoms with Crippen molar-refractivity contribution in [3.8, 4) is 11.3 Å². The zero-order chi connectivity index (χ0) is 28.2. The first-order valence-electron chi connectivity index (χ1n) is 12.5. The van der Waals surface area contributed by atoms with E-state index in [1.165, 1.54) is 5.56 Å². The van der Waals surface area contributed by atoms with Crippen LogP contribution in [0.25, 0.3) is 22.2 Å². The molecule has 0 aliphatic carbocycles. The summed E-state index contributed by atoms with van der Waals surface area (Å²) >= 11 is 9.67. The number of aryl methyl sites for hydroxylation is 1. The number of hydrogen-bond acceptors (Lipinski definition) is 5. The van der Waals surface area contributed by atoms with Gasteiger partial charge in [0.1, 0.15) is 0 Å². The third-order valence-electron chi connectivity index (χ3n) is 6.35. The Balaban J connectivity index is 1.40. The maximum absolute atomic E-state index is 13.4. The third-order valence-corrected chi connectivity index (χ3v) is 7.08. The summed E-state index contributed by atoms with van der Waals surface area (Å²) in [5.41, 5.74) is 8.18. The number of benzene rings is 3. The number of hydrogen-bond donors (Lipinski definition) is 2. The van der Waals surface area contributed by atoms with Crippen LogP contribution in [0.3, 0.4) is 0 Å². The van der Waals surface area contributed by atoms with Gasteiger partial charge in [-0.25, -0.2) is 10.4 Å². The summed E-state index contributed by atoms with van der Waals surface area (Å²) in [5, 5.41) is 8.21. The molecule has 0 fully saturated rings. The number of hydrazone groups is 1. The van der Waals surface area contributed by atoms with Crippen LogP contribution in [0.4, 0.5) is 5.69 Å².